The quantitative estimate of drug-likeness (QED) is 0.847. The van der Waals surface area contributed by atoms with E-state index in [-0.39, 0.29) is 36.9 Å². The molecule has 136 valence electrons. The van der Waals surface area contributed by atoms with Gasteiger partial charge < -0.3 is 24.5 Å². The molecule has 2 aliphatic heterocycles. The minimum absolute atomic E-state index is 0.0211. The van der Waals surface area contributed by atoms with Crippen molar-refractivity contribution in [1.82, 2.24) is 9.80 Å². The topological polar surface area (TPSA) is 73.3 Å². The molecule has 7 nitrogen and oxygen atoms in total. The van der Waals surface area contributed by atoms with Gasteiger partial charge in [0.2, 0.25) is 0 Å². The summed E-state index contributed by atoms with van der Waals surface area (Å²) in [5.74, 6) is 0.753. The van der Waals surface area contributed by atoms with Crippen LogP contribution in [0.15, 0.2) is 18.2 Å². The fourth-order valence-electron chi connectivity index (χ4n) is 3.58. The number of rotatable bonds is 4. The zero-order valence-corrected chi connectivity index (χ0v) is 14.9. The van der Waals surface area contributed by atoms with Crippen LogP contribution in [-0.2, 0) is 4.79 Å². The first-order chi connectivity index (χ1) is 11.9. The Bertz CT molecular complexity index is 676. The molecule has 1 N–H and O–H groups in total. The summed E-state index contributed by atoms with van der Waals surface area (Å²) < 4.78 is 5.41. The summed E-state index contributed by atoms with van der Waals surface area (Å²) in [4.78, 5) is 30.1. The van der Waals surface area contributed by atoms with Gasteiger partial charge in [0.1, 0.15) is 5.75 Å². The Morgan fingerprint density at radius 2 is 2.04 bits per heavy atom. The van der Waals surface area contributed by atoms with Crippen LogP contribution in [0.4, 0.5) is 5.69 Å². The molecule has 0 spiro atoms. The maximum atomic E-state index is 12.9. The first kappa shape index (κ1) is 17.7. The van der Waals surface area contributed by atoms with Crippen LogP contribution in [0.3, 0.4) is 0 Å². The third-order valence-electron chi connectivity index (χ3n) is 4.99. The van der Waals surface area contributed by atoms with Gasteiger partial charge in [-0.2, -0.15) is 0 Å². The van der Waals surface area contributed by atoms with Gasteiger partial charge in [0.25, 0.3) is 11.8 Å². The summed E-state index contributed by atoms with van der Waals surface area (Å²) in [6.45, 7) is 2.12. The summed E-state index contributed by atoms with van der Waals surface area (Å²) in [6.07, 6.45) is 0. The van der Waals surface area contributed by atoms with E-state index in [0.29, 0.717) is 30.1 Å². The van der Waals surface area contributed by atoms with Gasteiger partial charge >= 0.3 is 0 Å². The number of nitrogens with zero attached hydrogens (tertiary/aromatic N) is 3. The predicted octanol–water partition coefficient (Wildman–Crippen LogP) is 0.284. The molecule has 0 aliphatic carbocycles. The van der Waals surface area contributed by atoms with Gasteiger partial charge in [0.15, 0.2) is 6.61 Å². The Kier molecular flexibility index (Phi) is 4.96. The number of ether oxygens (including phenoxy) is 1. The van der Waals surface area contributed by atoms with Crippen LogP contribution in [0.2, 0.25) is 0 Å². The van der Waals surface area contributed by atoms with Gasteiger partial charge in [0, 0.05) is 44.8 Å². The van der Waals surface area contributed by atoms with Crippen molar-refractivity contribution in [3.8, 4) is 5.75 Å². The highest BCUT2D eigenvalue weighted by Crippen LogP contribution is 2.33. The molecule has 0 bridgehead atoms. The van der Waals surface area contributed by atoms with Crippen molar-refractivity contribution < 1.29 is 19.4 Å². The normalized spacial score (nSPS) is 23.0. The van der Waals surface area contributed by atoms with Gasteiger partial charge in [-0.05, 0) is 38.2 Å². The first-order valence-electron chi connectivity index (χ1n) is 8.49. The van der Waals surface area contributed by atoms with E-state index >= 15 is 0 Å². The van der Waals surface area contributed by atoms with Crippen molar-refractivity contribution in [1.29, 1.82) is 0 Å². The number of benzene rings is 1. The molecule has 1 aromatic carbocycles. The second-order valence-electron chi connectivity index (χ2n) is 7.10. The molecule has 3 rings (SSSR count). The molecule has 1 aromatic rings. The summed E-state index contributed by atoms with van der Waals surface area (Å²) >= 11 is 0. The Hall–Kier alpha value is -2.12. The summed E-state index contributed by atoms with van der Waals surface area (Å²) in [5, 5.41) is 9.62. The minimum Gasteiger partial charge on any atom is -0.482 e. The maximum absolute atomic E-state index is 12.9. The fraction of sp³-hybridized carbons (Fsp3) is 0.556. The van der Waals surface area contributed by atoms with E-state index in [1.807, 2.05) is 14.1 Å². The van der Waals surface area contributed by atoms with Crippen molar-refractivity contribution in [2.24, 2.45) is 11.8 Å². The number of fused-ring (bicyclic) bond motifs is 1. The summed E-state index contributed by atoms with van der Waals surface area (Å²) in [6, 6.07) is 5.18. The average Bonchev–Trinajstić information content (AvgIpc) is 2.99. The number of aliphatic hydroxyl groups is 1. The Labute approximate surface area is 147 Å². The Morgan fingerprint density at radius 3 is 2.72 bits per heavy atom. The average molecular weight is 347 g/mol. The monoisotopic (exact) mass is 347 g/mol. The summed E-state index contributed by atoms with van der Waals surface area (Å²) in [5.41, 5.74) is 1.15. The number of anilines is 1. The van der Waals surface area contributed by atoms with Gasteiger partial charge in [-0.25, -0.2) is 0 Å². The zero-order chi connectivity index (χ0) is 18.1. The van der Waals surface area contributed by atoms with Gasteiger partial charge in [0.05, 0.1) is 5.69 Å². The summed E-state index contributed by atoms with van der Waals surface area (Å²) in [7, 11) is 5.67. The smallest absolute Gasteiger partial charge is 0.264 e. The zero-order valence-electron chi connectivity index (χ0n) is 14.9. The third kappa shape index (κ3) is 3.48. The van der Waals surface area contributed by atoms with Gasteiger partial charge in [-0.1, -0.05) is 0 Å². The lowest BCUT2D eigenvalue weighted by Gasteiger charge is -2.26. The second-order valence-corrected chi connectivity index (χ2v) is 7.10. The van der Waals surface area contributed by atoms with E-state index in [2.05, 4.69) is 4.90 Å². The Morgan fingerprint density at radius 1 is 1.32 bits per heavy atom. The highest BCUT2D eigenvalue weighted by molar-refractivity contribution is 6.01. The van der Waals surface area contributed by atoms with Crippen molar-refractivity contribution in [3.05, 3.63) is 23.8 Å². The number of carbonyl (C=O) groups is 2. The molecular weight excluding hydrogens is 322 g/mol. The van der Waals surface area contributed by atoms with Crippen LogP contribution in [0.1, 0.15) is 10.4 Å². The molecular formula is C18H25N3O4. The van der Waals surface area contributed by atoms with E-state index in [9.17, 15) is 14.7 Å². The molecule has 2 aliphatic rings. The maximum Gasteiger partial charge on any atom is 0.264 e. The van der Waals surface area contributed by atoms with Crippen LogP contribution < -0.4 is 9.64 Å². The van der Waals surface area contributed by atoms with E-state index < -0.39 is 0 Å². The van der Waals surface area contributed by atoms with E-state index in [4.69, 9.17) is 4.74 Å². The number of hydrogen-bond acceptors (Lipinski definition) is 5. The van der Waals surface area contributed by atoms with E-state index in [1.54, 1.807) is 30.1 Å². The van der Waals surface area contributed by atoms with Crippen LogP contribution in [0.5, 0.6) is 5.75 Å². The van der Waals surface area contributed by atoms with E-state index in [1.165, 1.54) is 4.90 Å². The van der Waals surface area contributed by atoms with E-state index in [0.717, 1.165) is 6.54 Å². The van der Waals surface area contributed by atoms with Crippen LogP contribution in [0, 0.1) is 11.8 Å². The molecule has 2 heterocycles. The number of amides is 2. The molecule has 0 radical (unpaired) electrons. The fourth-order valence-corrected chi connectivity index (χ4v) is 3.58. The highest BCUT2D eigenvalue weighted by Gasteiger charge is 2.35. The number of hydrogen-bond donors (Lipinski definition) is 1. The molecule has 25 heavy (non-hydrogen) atoms. The lowest BCUT2D eigenvalue weighted by atomic mass is 9.97. The number of likely N-dealkylation sites (N-methyl/N-ethyl adjacent to an activating group) is 1. The first-order valence-corrected chi connectivity index (χ1v) is 8.49. The van der Waals surface area contributed by atoms with Crippen LogP contribution >= 0.6 is 0 Å². The van der Waals surface area contributed by atoms with Crippen molar-refractivity contribution >= 4 is 17.5 Å². The molecule has 1 fully saturated rings. The highest BCUT2D eigenvalue weighted by atomic mass is 16.5. The largest absolute Gasteiger partial charge is 0.482 e. The van der Waals surface area contributed by atoms with Crippen molar-refractivity contribution in [2.75, 3.05) is 58.9 Å². The molecule has 2 amide bonds. The van der Waals surface area contributed by atoms with Crippen LogP contribution in [0.25, 0.3) is 0 Å². The second kappa shape index (κ2) is 7.01. The number of likely N-dealkylation sites (tertiary alicyclic amines) is 1. The molecule has 0 saturated carbocycles. The minimum atomic E-state index is -0.135. The lowest BCUT2D eigenvalue weighted by Crippen LogP contribution is -2.36. The number of carbonyl (C=O) groups excluding carboxylic acids is 2. The SMILES string of the molecule is CN(C)C[C@@H]1CN(C(=O)c2ccc3c(c2)N(C)C(=O)CO3)C[C@@H]1CO. The molecule has 0 aromatic heterocycles. The Balaban J connectivity index is 1.79. The van der Waals surface area contributed by atoms with Crippen LogP contribution in [-0.4, -0.2) is 80.7 Å². The third-order valence-corrected chi connectivity index (χ3v) is 4.99. The molecule has 0 unspecified atom stereocenters. The van der Waals surface area contributed by atoms with Gasteiger partial charge in [-0.15, -0.1) is 0 Å². The van der Waals surface area contributed by atoms with Crippen molar-refractivity contribution in [3.63, 3.8) is 0 Å². The van der Waals surface area contributed by atoms with Crippen molar-refractivity contribution in [2.45, 2.75) is 0 Å². The number of aliphatic hydroxyl groups excluding tert-OH is 1. The predicted molar refractivity (Wildman–Crippen MR) is 93.9 cm³/mol. The lowest BCUT2D eigenvalue weighted by molar-refractivity contribution is -0.120. The molecule has 2 atom stereocenters. The standard InChI is InChI=1S/C18H25N3O4/c1-19(2)7-13-8-21(9-14(13)10-22)18(24)12-4-5-16-15(6-12)20(3)17(23)11-25-16/h4-6,13-14,22H,7-11H2,1-3H3/t13-,14-/m1/s1. The van der Waals surface area contributed by atoms with Gasteiger partial charge in [-0.3, -0.25) is 9.59 Å². The molecule has 7 heteroatoms. The molecule has 1 saturated heterocycles.